The summed E-state index contributed by atoms with van der Waals surface area (Å²) in [5.41, 5.74) is 7.62. The van der Waals surface area contributed by atoms with E-state index in [1.165, 1.54) is 31.4 Å². The van der Waals surface area contributed by atoms with Crippen LogP contribution in [0.15, 0.2) is 30.3 Å². The molecule has 1 saturated heterocycles. The van der Waals surface area contributed by atoms with Crippen LogP contribution in [0.1, 0.15) is 37.8 Å². The molecule has 1 aliphatic carbocycles. The minimum absolute atomic E-state index is 0.205. The average Bonchev–Trinajstić information content (AvgIpc) is 2.92. The topological polar surface area (TPSA) is 29.3 Å². The Labute approximate surface area is 104 Å². The average molecular weight is 230 g/mol. The zero-order chi connectivity index (χ0) is 11.8. The quantitative estimate of drug-likeness (QED) is 0.864. The number of rotatable bonds is 3. The van der Waals surface area contributed by atoms with Crippen LogP contribution in [0, 0.1) is 5.92 Å². The number of fused-ring (bicyclic) bond motifs is 2. The van der Waals surface area contributed by atoms with Gasteiger partial charge in [0.2, 0.25) is 0 Å². The highest BCUT2D eigenvalue weighted by atomic mass is 15.2. The van der Waals surface area contributed by atoms with Gasteiger partial charge in [0.25, 0.3) is 0 Å². The molecule has 3 rings (SSSR count). The molecule has 2 fully saturated rings. The maximum absolute atomic E-state index is 6.24. The number of likely N-dealkylation sites (tertiary alicyclic amines) is 1. The van der Waals surface area contributed by atoms with Crippen LogP contribution in [-0.4, -0.2) is 23.5 Å². The number of nitrogens with zero attached hydrogens (tertiary/aromatic N) is 1. The molecule has 4 atom stereocenters. The fourth-order valence-corrected chi connectivity index (χ4v) is 3.75. The lowest BCUT2D eigenvalue weighted by atomic mass is 9.97. The Morgan fingerprint density at radius 1 is 1.24 bits per heavy atom. The molecule has 92 valence electrons. The van der Waals surface area contributed by atoms with Gasteiger partial charge in [-0.05, 0) is 37.7 Å². The van der Waals surface area contributed by atoms with Crippen LogP contribution in [0.4, 0.5) is 0 Å². The molecule has 1 saturated carbocycles. The molecule has 2 aliphatic rings. The van der Waals surface area contributed by atoms with Gasteiger partial charge in [0.1, 0.15) is 0 Å². The Morgan fingerprint density at radius 3 is 2.53 bits per heavy atom. The molecule has 2 heteroatoms. The van der Waals surface area contributed by atoms with E-state index >= 15 is 0 Å². The van der Waals surface area contributed by atoms with Crippen molar-refractivity contribution in [3.8, 4) is 0 Å². The van der Waals surface area contributed by atoms with Gasteiger partial charge >= 0.3 is 0 Å². The normalized spacial score (nSPS) is 31.6. The Morgan fingerprint density at radius 2 is 2.00 bits per heavy atom. The molecule has 1 heterocycles. The zero-order valence-corrected chi connectivity index (χ0v) is 10.5. The third-order valence-electron chi connectivity index (χ3n) is 4.45. The molecule has 2 bridgehead atoms. The second-order valence-electron chi connectivity index (χ2n) is 5.74. The molecule has 4 unspecified atom stereocenters. The van der Waals surface area contributed by atoms with Crippen molar-refractivity contribution in [1.29, 1.82) is 0 Å². The van der Waals surface area contributed by atoms with E-state index in [0.29, 0.717) is 6.04 Å². The van der Waals surface area contributed by atoms with E-state index in [2.05, 4.69) is 42.2 Å². The summed E-state index contributed by atoms with van der Waals surface area (Å²) in [5, 5.41) is 0. The lowest BCUT2D eigenvalue weighted by molar-refractivity contribution is 0.133. The van der Waals surface area contributed by atoms with E-state index < -0.39 is 0 Å². The molecular weight excluding hydrogens is 208 g/mol. The first-order valence-corrected chi connectivity index (χ1v) is 6.82. The van der Waals surface area contributed by atoms with E-state index in [4.69, 9.17) is 5.73 Å². The first kappa shape index (κ1) is 11.2. The Bertz CT molecular complexity index is 374. The molecule has 1 aromatic rings. The van der Waals surface area contributed by atoms with Gasteiger partial charge in [-0.15, -0.1) is 0 Å². The van der Waals surface area contributed by atoms with Gasteiger partial charge in [-0.25, -0.2) is 0 Å². The minimum atomic E-state index is 0.205. The van der Waals surface area contributed by atoms with Gasteiger partial charge < -0.3 is 5.73 Å². The van der Waals surface area contributed by atoms with Crippen molar-refractivity contribution in [2.75, 3.05) is 6.54 Å². The molecule has 1 aromatic carbocycles. The molecule has 2 N–H and O–H groups in total. The van der Waals surface area contributed by atoms with Gasteiger partial charge in [-0.1, -0.05) is 30.3 Å². The fraction of sp³-hybridized carbons (Fsp3) is 0.600. The number of hydrogen-bond acceptors (Lipinski definition) is 2. The highest BCUT2D eigenvalue weighted by Crippen LogP contribution is 2.42. The van der Waals surface area contributed by atoms with Gasteiger partial charge in [0, 0.05) is 24.7 Å². The standard InChI is InChI=1S/C15H22N2/c1-11(16)15(13-5-3-2-4-6-13)17-10-12-7-8-14(17)9-12/h2-6,11-12,14-15H,7-10,16H2,1H3. The molecule has 2 nitrogen and oxygen atoms in total. The molecule has 0 spiro atoms. The third-order valence-corrected chi connectivity index (χ3v) is 4.45. The van der Waals surface area contributed by atoms with Crippen LogP contribution in [0.5, 0.6) is 0 Å². The van der Waals surface area contributed by atoms with Gasteiger partial charge in [0.05, 0.1) is 0 Å². The number of hydrogen-bond donors (Lipinski definition) is 1. The third kappa shape index (κ3) is 2.00. The van der Waals surface area contributed by atoms with Crippen LogP contribution in [0.3, 0.4) is 0 Å². The number of piperidine rings is 1. The molecule has 1 aliphatic heterocycles. The largest absolute Gasteiger partial charge is 0.326 e. The second-order valence-corrected chi connectivity index (χ2v) is 5.74. The van der Waals surface area contributed by atoms with Crippen LogP contribution in [0.2, 0.25) is 0 Å². The van der Waals surface area contributed by atoms with Crippen molar-refractivity contribution in [3.63, 3.8) is 0 Å². The fourth-order valence-electron chi connectivity index (χ4n) is 3.75. The molecular formula is C15H22N2. The van der Waals surface area contributed by atoms with E-state index in [1.54, 1.807) is 0 Å². The van der Waals surface area contributed by atoms with E-state index in [1.807, 2.05) is 0 Å². The molecule has 0 radical (unpaired) electrons. The smallest absolute Gasteiger partial charge is 0.0499 e. The van der Waals surface area contributed by atoms with E-state index in [9.17, 15) is 0 Å². The van der Waals surface area contributed by atoms with Crippen molar-refractivity contribution >= 4 is 0 Å². The Kier molecular flexibility index (Phi) is 2.93. The second kappa shape index (κ2) is 4.43. The summed E-state index contributed by atoms with van der Waals surface area (Å²) in [6.07, 6.45) is 4.21. The summed E-state index contributed by atoms with van der Waals surface area (Å²) in [4.78, 5) is 2.66. The first-order chi connectivity index (χ1) is 8.25. The van der Waals surface area contributed by atoms with Crippen LogP contribution in [-0.2, 0) is 0 Å². The summed E-state index contributed by atoms with van der Waals surface area (Å²) in [6.45, 7) is 3.40. The highest BCUT2D eigenvalue weighted by molar-refractivity contribution is 5.21. The van der Waals surface area contributed by atoms with Crippen molar-refractivity contribution in [1.82, 2.24) is 4.90 Å². The maximum atomic E-state index is 6.24. The number of benzene rings is 1. The van der Waals surface area contributed by atoms with Crippen LogP contribution < -0.4 is 5.73 Å². The van der Waals surface area contributed by atoms with Crippen LogP contribution >= 0.6 is 0 Å². The SMILES string of the molecule is CC(N)C(c1ccccc1)N1CC2CCC1C2. The molecule has 0 amide bonds. The van der Waals surface area contributed by atoms with Gasteiger partial charge in [-0.2, -0.15) is 0 Å². The summed E-state index contributed by atoms with van der Waals surface area (Å²) >= 11 is 0. The van der Waals surface area contributed by atoms with Crippen LogP contribution in [0.25, 0.3) is 0 Å². The van der Waals surface area contributed by atoms with Crippen molar-refractivity contribution in [3.05, 3.63) is 35.9 Å². The monoisotopic (exact) mass is 230 g/mol. The lowest BCUT2D eigenvalue weighted by Crippen LogP contribution is -2.43. The summed E-state index contributed by atoms with van der Waals surface area (Å²) < 4.78 is 0. The predicted octanol–water partition coefficient (Wildman–Crippen LogP) is 2.56. The van der Waals surface area contributed by atoms with Crippen molar-refractivity contribution in [2.45, 2.75) is 44.3 Å². The Balaban J connectivity index is 1.86. The van der Waals surface area contributed by atoms with Gasteiger partial charge in [-0.3, -0.25) is 4.90 Å². The summed E-state index contributed by atoms with van der Waals surface area (Å²) in [7, 11) is 0. The van der Waals surface area contributed by atoms with Gasteiger partial charge in [0.15, 0.2) is 0 Å². The minimum Gasteiger partial charge on any atom is -0.326 e. The van der Waals surface area contributed by atoms with Crippen molar-refractivity contribution in [2.24, 2.45) is 11.7 Å². The summed E-state index contributed by atoms with van der Waals surface area (Å²) in [5.74, 6) is 0.935. The molecule has 0 aromatic heterocycles. The first-order valence-electron chi connectivity index (χ1n) is 6.82. The lowest BCUT2D eigenvalue weighted by Gasteiger charge is -2.37. The Hall–Kier alpha value is -0.860. The van der Waals surface area contributed by atoms with Crippen molar-refractivity contribution < 1.29 is 0 Å². The maximum Gasteiger partial charge on any atom is 0.0499 e. The zero-order valence-electron chi connectivity index (χ0n) is 10.5. The van der Waals surface area contributed by atoms with E-state index in [0.717, 1.165) is 12.0 Å². The predicted molar refractivity (Wildman–Crippen MR) is 70.7 cm³/mol. The summed E-state index contributed by atoms with van der Waals surface area (Å²) in [6, 6.07) is 12.2. The number of nitrogens with two attached hydrogens (primary N) is 1. The highest BCUT2D eigenvalue weighted by Gasteiger charge is 2.42. The molecule has 17 heavy (non-hydrogen) atoms. The van der Waals surface area contributed by atoms with E-state index in [-0.39, 0.29) is 6.04 Å².